The van der Waals surface area contributed by atoms with Crippen LogP contribution in [0, 0.1) is 10.1 Å². The summed E-state index contributed by atoms with van der Waals surface area (Å²) in [6, 6.07) is 9.85. The quantitative estimate of drug-likeness (QED) is 0.362. The predicted molar refractivity (Wildman–Crippen MR) is 85.0 cm³/mol. The molecule has 0 fully saturated rings. The van der Waals surface area contributed by atoms with Crippen molar-refractivity contribution in [2.75, 3.05) is 0 Å². The Balaban J connectivity index is 2.42. The van der Waals surface area contributed by atoms with E-state index in [1.54, 1.807) is 30.3 Å². The van der Waals surface area contributed by atoms with Gasteiger partial charge in [0.15, 0.2) is 0 Å². The Morgan fingerprint density at radius 3 is 2.60 bits per heavy atom. The minimum atomic E-state index is -0.479. The molecule has 0 saturated carbocycles. The van der Waals surface area contributed by atoms with E-state index < -0.39 is 4.92 Å². The van der Waals surface area contributed by atoms with Gasteiger partial charge in [-0.3, -0.25) is 10.1 Å². The normalized spacial score (nSPS) is 10.3. The van der Waals surface area contributed by atoms with Crippen LogP contribution in [-0.2, 0) is 5.33 Å². The molecule has 0 aromatic heterocycles. The van der Waals surface area contributed by atoms with Crippen LogP contribution in [0.4, 0.5) is 5.69 Å². The highest BCUT2D eigenvalue weighted by Crippen LogP contribution is 2.37. The second-order valence-electron chi connectivity index (χ2n) is 3.87. The Bertz CT molecular complexity index is 664. The third-order valence-electron chi connectivity index (χ3n) is 2.49. The van der Waals surface area contributed by atoms with E-state index in [0.717, 1.165) is 10.0 Å². The minimum absolute atomic E-state index is 0.0991. The van der Waals surface area contributed by atoms with Gasteiger partial charge >= 0.3 is 5.69 Å². The molecule has 0 amide bonds. The number of nitro groups is 1. The highest BCUT2D eigenvalue weighted by molar-refractivity contribution is 9.10. The molecule has 0 N–H and O–H groups in total. The first-order valence-electron chi connectivity index (χ1n) is 5.47. The van der Waals surface area contributed by atoms with Crippen molar-refractivity contribution in [1.82, 2.24) is 0 Å². The SMILES string of the molecule is O=[N+]([O-])c1cc(CBr)ccc1Oc1cc(Br)ccc1Cl. The number of halogens is 3. The van der Waals surface area contributed by atoms with Crippen molar-refractivity contribution in [1.29, 1.82) is 0 Å². The molecule has 104 valence electrons. The van der Waals surface area contributed by atoms with Crippen molar-refractivity contribution in [3.63, 3.8) is 0 Å². The summed E-state index contributed by atoms with van der Waals surface area (Å²) in [4.78, 5) is 10.6. The number of benzene rings is 2. The lowest BCUT2D eigenvalue weighted by Crippen LogP contribution is -1.95. The van der Waals surface area contributed by atoms with E-state index >= 15 is 0 Å². The third kappa shape index (κ3) is 3.50. The molecular formula is C13H8Br2ClNO3. The molecule has 0 aliphatic rings. The van der Waals surface area contributed by atoms with E-state index in [1.807, 2.05) is 0 Å². The summed E-state index contributed by atoms with van der Waals surface area (Å²) in [5, 5.41) is 12.0. The first kappa shape index (κ1) is 15.3. The van der Waals surface area contributed by atoms with Crippen LogP contribution in [-0.4, -0.2) is 4.92 Å². The topological polar surface area (TPSA) is 52.4 Å². The van der Waals surface area contributed by atoms with Gasteiger partial charge in [0.2, 0.25) is 5.75 Å². The Labute approximate surface area is 137 Å². The molecule has 0 radical (unpaired) electrons. The van der Waals surface area contributed by atoms with Crippen LogP contribution in [0.3, 0.4) is 0 Å². The van der Waals surface area contributed by atoms with Gasteiger partial charge in [0.25, 0.3) is 0 Å². The van der Waals surface area contributed by atoms with Crippen molar-refractivity contribution < 1.29 is 9.66 Å². The molecule has 4 nitrogen and oxygen atoms in total. The zero-order valence-corrected chi connectivity index (χ0v) is 13.9. The van der Waals surface area contributed by atoms with Crippen molar-refractivity contribution in [2.45, 2.75) is 5.33 Å². The summed E-state index contributed by atoms with van der Waals surface area (Å²) in [7, 11) is 0. The number of alkyl halides is 1. The summed E-state index contributed by atoms with van der Waals surface area (Å²) in [5.41, 5.74) is 0.697. The van der Waals surface area contributed by atoms with Crippen LogP contribution >= 0.6 is 43.5 Å². The highest BCUT2D eigenvalue weighted by atomic mass is 79.9. The Hall–Kier alpha value is -1.11. The molecule has 0 aliphatic carbocycles. The standard InChI is InChI=1S/C13H8Br2ClNO3/c14-7-8-1-4-12(11(5-8)17(18)19)20-13-6-9(15)2-3-10(13)16/h1-6H,7H2. The van der Waals surface area contributed by atoms with Gasteiger partial charge in [-0.05, 0) is 29.8 Å². The second kappa shape index (κ2) is 6.56. The number of nitrogens with zero attached hydrogens (tertiary/aromatic N) is 1. The molecule has 7 heteroatoms. The maximum Gasteiger partial charge on any atom is 0.311 e. The zero-order valence-electron chi connectivity index (χ0n) is 9.98. The fourth-order valence-corrected chi connectivity index (χ4v) is 2.39. The number of rotatable bonds is 4. The van der Waals surface area contributed by atoms with Gasteiger partial charge in [-0.25, -0.2) is 0 Å². The highest BCUT2D eigenvalue weighted by Gasteiger charge is 2.17. The van der Waals surface area contributed by atoms with Gasteiger partial charge in [0.05, 0.1) is 9.95 Å². The van der Waals surface area contributed by atoms with Gasteiger partial charge in [0, 0.05) is 15.9 Å². The molecule has 0 heterocycles. The fraction of sp³-hybridized carbons (Fsp3) is 0.0769. The molecule has 20 heavy (non-hydrogen) atoms. The minimum Gasteiger partial charge on any atom is -0.449 e. The summed E-state index contributed by atoms with van der Waals surface area (Å²) in [5.74, 6) is 0.510. The maximum absolute atomic E-state index is 11.1. The van der Waals surface area contributed by atoms with E-state index in [4.69, 9.17) is 16.3 Å². The van der Waals surface area contributed by atoms with Crippen molar-refractivity contribution >= 4 is 49.1 Å². The van der Waals surface area contributed by atoms with Crippen LogP contribution < -0.4 is 4.74 Å². The smallest absolute Gasteiger partial charge is 0.311 e. The molecule has 2 aromatic carbocycles. The van der Waals surface area contributed by atoms with E-state index in [-0.39, 0.29) is 11.4 Å². The predicted octanol–water partition coefficient (Wildman–Crippen LogP) is 5.70. The number of hydrogen-bond donors (Lipinski definition) is 0. The Morgan fingerprint density at radius 2 is 1.95 bits per heavy atom. The average molecular weight is 421 g/mol. The summed E-state index contributed by atoms with van der Waals surface area (Å²) in [6.07, 6.45) is 0. The third-order valence-corrected chi connectivity index (χ3v) is 3.94. The lowest BCUT2D eigenvalue weighted by Gasteiger charge is -2.09. The largest absolute Gasteiger partial charge is 0.449 e. The lowest BCUT2D eigenvalue weighted by molar-refractivity contribution is -0.385. The van der Waals surface area contributed by atoms with Crippen molar-refractivity contribution in [2.24, 2.45) is 0 Å². The van der Waals surface area contributed by atoms with Crippen LogP contribution in [0.1, 0.15) is 5.56 Å². The van der Waals surface area contributed by atoms with Crippen LogP contribution in [0.25, 0.3) is 0 Å². The van der Waals surface area contributed by atoms with Gasteiger partial charge in [-0.2, -0.15) is 0 Å². The lowest BCUT2D eigenvalue weighted by atomic mass is 10.2. The first-order chi connectivity index (χ1) is 9.51. The fourth-order valence-electron chi connectivity index (χ4n) is 1.55. The molecule has 2 aromatic rings. The molecular weight excluding hydrogens is 413 g/mol. The number of ether oxygens (including phenoxy) is 1. The Kier molecular flexibility index (Phi) is 5.01. The number of nitro benzene ring substituents is 1. The summed E-state index contributed by atoms with van der Waals surface area (Å²) >= 11 is 12.6. The van der Waals surface area contributed by atoms with Gasteiger partial charge < -0.3 is 4.74 Å². The van der Waals surface area contributed by atoms with E-state index in [9.17, 15) is 10.1 Å². The van der Waals surface area contributed by atoms with Crippen molar-refractivity contribution in [3.05, 3.63) is 61.6 Å². The summed E-state index contributed by atoms with van der Waals surface area (Å²) < 4.78 is 6.34. The van der Waals surface area contributed by atoms with E-state index in [1.165, 1.54) is 6.07 Å². The monoisotopic (exact) mass is 419 g/mol. The van der Waals surface area contributed by atoms with Crippen LogP contribution in [0.2, 0.25) is 5.02 Å². The molecule has 0 aliphatic heterocycles. The molecule has 0 bridgehead atoms. The first-order valence-corrected chi connectivity index (χ1v) is 7.76. The van der Waals surface area contributed by atoms with Gasteiger partial charge in [0.1, 0.15) is 5.75 Å². The van der Waals surface area contributed by atoms with Gasteiger partial charge in [-0.15, -0.1) is 0 Å². The zero-order chi connectivity index (χ0) is 14.7. The molecule has 2 rings (SSSR count). The van der Waals surface area contributed by atoms with E-state index in [0.29, 0.717) is 16.1 Å². The van der Waals surface area contributed by atoms with E-state index in [2.05, 4.69) is 31.9 Å². The summed E-state index contributed by atoms with van der Waals surface area (Å²) in [6.45, 7) is 0. The second-order valence-corrected chi connectivity index (χ2v) is 5.75. The molecule has 0 spiro atoms. The van der Waals surface area contributed by atoms with Crippen LogP contribution in [0.15, 0.2) is 40.9 Å². The molecule has 0 unspecified atom stereocenters. The van der Waals surface area contributed by atoms with Gasteiger partial charge in [-0.1, -0.05) is 49.5 Å². The van der Waals surface area contributed by atoms with Crippen LogP contribution in [0.5, 0.6) is 11.5 Å². The molecule has 0 atom stereocenters. The van der Waals surface area contributed by atoms with Crippen molar-refractivity contribution in [3.8, 4) is 11.5 Å². The molecule has 0 saturated heterocycles. The Morgan fingerprint density at radius 1 is 1.20 bits per heavy atom. The maximum atomic E-state index is 11.1. The average Bonchev–Trinajstić information content (AvgIpc) is 2.43. The number of hydrogen-bond acceptors (Lipinski definition) is 3.